The maximum absolute atomic E-state index is 12.2. The summed E-state index contributed by atoms with van der Waals surface area (Å²) in [5.41, 5.74) is 0.515. The number of nitrogens with two attached hydrogens (primary N) is 1. The molecule has 112 valence electrons. The Balaban J connectivity index is 2.14. The molecule has 3 N–H and O–H groups in total. The van der Waals surface area contributed by atoms with Crippen molar-refractivity contribution < 1.29 is 13.2 Å². The molecule has 7 heteroatoms. The lowest BCUT2D eigenvalue weighted by atomic mass is 9.70. The van der Waals surface area contributed by atoms with Gasteiger partial charge in [-0.05, 0) is 31.2 Å². The van der Waals surface area contributed by atoms with Gasteiger partial charge in [-0.2, -0.15) is 0 Å². The fourth-order valence-electron chi connectivity index (χ4n) is 2.43. The Morgan fingerprint density at radius 2 is 2.15 bits per heavy atom. The predicted molar refractivity (Wildman–Crippen MR) is 75.8 cm³/mol. The molecule has 1 aliphatic rings. The zero-order valence-electron chi connectivity index (χ0n) is 11.8. The predicted octanol–water partition coefficient (Wildman–Crippen LogP) is 1.08. The van der Waals surface area contributed by atoms with Gasteiger partial charge in [0.05, 0.1) is 0 Å². The van der Waals surface area contributed by atoms with E-state index in [2.05, 4.69) is 12.2 Å². The lowest BCUT2D eigenvalue weighted by Crippen LogP contribution is -2.40. The molecule has 2 rings (SSSR count). The summed E-state index contributed by atoms with van der Waals surface area (Å²) in [6.45, 7) is 5.11. The second-order valence-electron chi connectivity index (χ2n) is 5.74. The SMILES string of the molecule is CCn1cc(S(N)(=O)=O)cc1C(=O)NCC1(C)CCC1. The molecule has 20 heavy (non-hydrogen) atoms. The number of hydrogen-bond acceptors (Lipinski definition) is 3. The summed E-state index contributed by atoms with van der Waals surface area (Å²) in [6.07, 6.45) is 4.83. The minimum Gasteiger partial charge on any atom is -0.350 e. The number of aromatic nitrogens is 1. The number of amides is 1. The molecule has 0 aromatic carbocycles. The van der Waals surface area contributed by atoms with E-state index >= 15 is 0 Å². The zero-order valence-corrected chi connectivity index (χ0v) is 12.7. The van der Waals surface area contributed by atoms with Crippen LogP contribution in [0.25, 0.3) is 0 Å². The monoisotopic (exact) mass is 299 g/mol. The molecule has 0 spiro atoms. The molecular weight excluding hydrogens is 278 g/mol. The first-order valence-electron chi connectivity index (χ1n) is 6.76. The van der Waals surface area contributed by atoms with Gasteiger partial charge in [-0.1, -0.05) is 13.3 Å². The summed E-state index contributed by atoms with van der Waals surface area (Å²) in [5, 5.41) is 7.98. The Morgan fingerprint density at radius 1 is 1.50 bits per heavy atom. The van der Waals surface area contributed by atoms with Crippen molar-refractivity contribution in [1.82, 2.24) is 9.88 Å². The summed E-state index contributed by atoms with van der Waals surface area (Å²) in [5.74, 6) is -0.255. The molecule has 0 saturated heterocycles. The Kier molecular flexibility index (Phi) is 3.93. The molecular formula is C13H21N3O3S. The van der Waals surface area contributed by atoms with Gasteiger partial charge in [0, 0.05) is 19.3 Å². The third kappa shape index (κ3) is 3.04. The number of nitrogens with one attached hydrogen (secondary N) is 1. The van der Waals surface area contributed by atoms with Crippen molar-refractivity contribution in [2.75, 3.05) is 6.54 Å². The van der Waals surface area contributed by atoms with Crippen LogP contribution in [0.5, 0.6) is 0 Å². The van der Waals surface area contributed by atoms with Crippen LogP contribution in [0.4, 0.5) is 0 Å². The van der Waals surface area contributed by atoms with Crippen LogP contribution in [-0.2, 0) is 16.6 Å². The summed E-state index contributed by atoms with van der Waals surface area (Å²) in [7, 11) is -3.79. The van der Waals surface area contributed by atoms with E-state index in [4.69, 9.17) is 5.14 Å². The number of hydrogen-bond donors (Lipinski definition) is 2. The summed E-state index contributed by atoms with van der Waals surface area (Å²) < 4.78 is 24.3. The van der Waals surface area contributed by atoms with E-state index in [-0.39, 0.29) is 16.2 Å². The minimum atomic E-state index is -3.79. The van der Waals surface area contributed by atoms with Gasteiger partial charge in [0.15, 0.2) is 0 Å². The van der Waals surface area contributed by atoms with Crippen molar-refractivity contribution in [3.63, 3.8) is 0 Å². The van der Waals surface area contributed by atoms with Gasteiger partial charge in [0.25, 0.3) is 5.91 Å². The average molecular weight is 299 g/mol. The number of nitrogens with zero attached hydrogens (tertiary/aromatic N) is 1. The number of carbonyl (C=O) groups excluding carboxylic acids is 1. The van der Waals surface area contributed by atoms with Crippen LogP contribution in [0.2, 0.25) is 0 Å². The molecule has 0 bridgehead atoms. The van der Waals surface area contributed by atoms with Crippen LogP contribution >= 0.6 is 0 Å². The van der Waals surface area contributed by atoms with E-state index in [0.29, 0.717) is 18.8 Å². The van der Waals surface area contributed by atoms with Crippen LogP contribution in [0.15, 0.2) is 17.2 Å². The van der Waals surface area contributed by atoms with Crippen LogP contribution in [0, 0.1) is 5.41 Å². The smallest absolute Gasteiger partial charge is 0.267 e. The second-order valence-corrected chi connectivity index (χ2v) is 7.30. The molecule has 0 radical (unpaired) electrons. The number of primary sulfonamides is 1. The Morgan fingerprint density at radius 3 is 2.60 bits per heavy atom. The molecule has 6 nitrogen and oxygen atoms in total. The van der Waals surface area contributed by atoms with Crippen molar-refractivity contribution in [3.05, 3.63) is 18.0 Å². The van der Waals surface area contributed by atoms with E-state index in [0.717, 1.165) is 12.8 Å². The first-order chi connectivity index (χ1) is 9.25. The average Bonchev–Trinajstić information content (AvgIpc) is 2.77. The normalized spacial score (nSPS) is 17.6. The minimum absolute atomic E-state index is 0.0284. The van der Waals surface area contributed by atoms with Crippen LogP contribution in [0.3, 0.4) is 0 Å². The van der Waals surface area contributed by atoms with Crippen LogP contribution in [0.1, 0.15) is 43.6 Å². The number of rotatable bonds is 5. The summed E-state index contributed by atoms with van der Waals surface area (Å²) >= 11 is 0. The van der Waals surface area contributed by atoms with Crippen LogP contribution < -0.4 is 10.5 Å². The molecule has 1 aromatic rings. The topological polar surface area (TPSA) is 94.2 Å². The van der Waals surface area contributed by atoms with Gasteiger partial charge >= 0.3 is 0 Å². The second kappa shape index (κ2) is 5.21. The highest BCUT2D eigenvalue weighted by Crippen LogP contribution is 2.39. The van der Waals surface area contributed by atoms with Gasteiger partial charge in [-0.3, -0.25) is 4.79 Å². The standard InChI is InChI=1S/C13H21N3O3S/c1-3-16-8-10(20(14,18)19)7-11(16)12(17)15-9-13(2)5-4-6-13/h7-8H,3-6,9H2,1-2H3,(H,15,17)(H2,14,18,19). The van der Waals surface area contributed by atoms with E-state index in [9.17, 15) is 13.2 Å². The van der Waals surface area contributed by atoms with Gasteiger partial charge in [0.2, 0.25) is 10.0 Å². The van der Waals surface area contributed by atoms with Gasteiger partial charge in [-0.25, -0.2) is 13.6 Å². The Labute approximate surface area is 119 Å². The highest BCUT2D eigenvalue weighted by atomic mass is 32.2. The summed E-state index contributed by atoms with van der Waals surface area (Å²) in [4.78, 5) is 12.2. The molecule has 1 saturated carbocycles. The van der Waals surface area contributed by atoms with Gasteiger partial charge in [0.1, 0.15) is 10.6 Å². The molecule has 0 atom stereocenters. The van der Waals surface area contributed by atoms with E-state index in [1.807, 2.05) is 6.92 Å². The van der Waals surface area contributed by atoms with E-state index in [1.165, 1.54) is 18.7 Å². The van der Waals surface area contributed by atoms with E-state index in [1.54, 1.807) is 4.57 Å². The summed E-state index contributed by atoms with van der Waals surface area (Å²) in [6, 6.07) is 1.33. The first-order valence-corrected chi connectivity index (χ1v) is 8.31. The van der Waals surface area contributed by atoms with Crippen molar-refractivity contribution >= 4 is 15.9 Å². The largest absolute Gasteiger partial charge is 0.350 e. The molecule has 1 amide bonds. The third-order valence-corrected chi connectivity index (χ3v) is 4.89. The highest BCUT2D eigenvalue weighted by molar-refractivity contribution is 7.89. The van der Waals surface area contributed by atoms with Gasteiger partial charge in [-0.15, -0.1) is 0 Å². The first kappa shape index (κ1) is 15.1. The maximum atomic E-state index is 12.2. The molecule has 0 unspecified atom stereocenters. The fourth-order valence-corrected chi connectivity index (χ4v) is 2.98. The lowest BCUT2D eigenvalue weighted by Gasteiger charge is -2.38. The zero-order chi connectivity index (χ0) is 15.0. The molecule has 0 aliphatic heterocycles. The third-order valence-electron chi connectivity index (χ3n) is 4.01. The fraction of sp³-hybridized carbons (Fsp3) is 0.615. The quantitative estimate of drug-likeness (QED) is 0.851. The molecule has 1 aromatic heterocycles. The van der Waals surface area contributed by atoms with Crippen LogP contribution in [-0.4, -0.2) is 25.4 Å². The highest BCUT2D eigenvalue weighted by Gasteiger charge is 2.32. The Hall–Kier alpha value is -1.34. The molecule has 1 fully saturated rings. The van der Waals surface area contributed by atoms with Crippen molar-refractivity contribution in [2.24, 2.45) is 10.6 Å². The number of carbonyl (C=O) groups is 1. The Bertz CT molecular complexity index is 615. The van der Waals surface area contributed by atoms with E-state index < -0.39 is 10.0 Å². The maximum Gasteiger partial charge on any atom is 0.267 e. The lowest BCUT2D eigenvalue weighted by molar-refractivity contribution is 0.0882. The van der Waals surface area contributed by atoms with Crippen molar-refractivity contribution in [2.45, 2.75) is 44.6 Å². The van der Waals surface area contributed by atoms with Gasteiger partial charge < -0.3 is 9.88 Å². The number of sulfonamides is 1. The molecule has 1 heterocycles. The van der Waals surface area contributed by atoms with Crippen molar-refractivity contribution in [1.29, 1.82) is 0 Å². The van der Waals surface area contributed by atoms with Crippen molar-refractivity contribution in [3.8, 4) is 0 Å². The molecule has 1 aliphatic carbocycles. The number of aryl methyl sites for hydroxylation is 1.